The van der Waals surface area contributed by atoms with Crippen LogP contribution in [0.3, 0.4) is 0 Å². The van der Waals surface area contributed by atoms with E-state index < -0.39 is 5.60 Å². The number of ether oxygens (including phenoxy) is 1. The zero-order valence-electron chi connectivity index (χ0n) is 18.0. The number of thiophene rings is 1. The van der Waals surface area contributed by atoms with Gasteiger partial charge in [-0.1, -0.05) is 37.3 Å². The summed E-state index contributed by atoms with van der Waals surface area (Å²) in [6.45, 7) is 9.68. The number of nitrogens with zero attached hydrogens (tertiary/aromatic N) is 4. The van der Waals surface area contributed by atoms with E-state index in [4.69, 9.17) is 4.74 Å². The third-order valence-corrected chi connectivity index (χ3v) is 6.38. The highest BCUT2D eigenvalue weighted by molar-refractivity contribution is 7.18. The highest BCUT2D eigenvalue weighted by Crippen LogP contribution is 2.36. The summed E-state index contributed by atoms with van der Waals surface area (Å²) in [6.07, 6.45) is 2.37. The Hall–Kier alpha value is -2.67. The van der Waals surface area contributed by atoms with Crippen LogP contribution in [0.1, 0.15) is 44.2 Å². The molecule has 1 aliphatic rings. The summed E-state index contributed by atoms with van der Waals surface area (Å²) in [5.41, 5.74) is 0.645. The van der Waals surface area contributed by atoms with E-state index in [1.54, 1.807) is 17.7 Å². The summed E-state index contributed by atoms with van der Waals surface area (Å²) >= 11 is 1.72. The van der Waals surface area contributed by atoms with Crippen LogP contribution in [-0.4, -0.2) is 46.2 Å². The van der Waals surface area contributed by atoms with Crippen molar-refractivity contribution in [3.05, 3.63) is 53.2 Å². The van der Waals surface area contributed by atoms with Crippen molar-refractivity contribution in [3.63, 3.8) is 0 Å². The van der Waals surface area contributed by atoms with Crippen LogP contribution >= 0.6 is 11.3 Å². The second kappa shape index (κ2) is 8.22. The number of carbonyl (C=O) groups is 1. The number of carbonyl (C=O) groups excluding carboxylic acids is 1. The molecular weight excluding hydrogens is 396 g/mol. The summed E-state index contributed by atoms with van der Waals surface area (Å²) < 4.78 is 5.63. The molecule has 3 heterocycles. The first-order valence-electron chi connectivity index (χ1n) is 10.4. The SMILES string of the molecule is CCc1cc2c(N3CCN(C(=O)OC(C)(C)C)CC3c3ccccc3)ncnc2s1. The van der Waals surface area contributed by atoms with Crippen molar-refractivity contribution in [3.8, 4) is 0 Å². The number of hydrogen-bond donors (Lipinski definition) is 0. The Balaban J connectivity index is 1.70. The minimum atomic E-state index is -0.511. The third-order valence-electron chi connectivity index (χ3n) is 5.20. The number of amides is 1. The lowest BCUT2D eigenvalue weighted by atomic mass is 10.0. The number of rotatable bonds is 3. The third kappa shape index (κ3) is 4.26. The monoisotopic (exact) mass is 424 g/mol. The Morgan fingerprint density at radius 3 is 2.67 bits per heavy atom. The lowest BCUT2D eigenvalue weighted by molar-refractivity contribution is 0.0214. The summed E-state index contributed by atoms with van der Waals surface area (Å²) in [4.78, 5) is 28.3. The number of aryl methyl sites for hydroxylation is 1. The van der Waals surface area contributed by atoms with Crippen LogP contribution in [0, 0.1) is 0 Å². The lowest BCUT2D eigenvalue weighted by Gasteiger charge is -2.42. The van der Waals surface area contributed by atoms with E-state index in [0.717, 1.165) is 28.0 Å². The zero-order valence-corrected chi connectivity index (χ0v) is 18.8. The fourth-order valence-electron chi connectivity index (χ4n) is 3.79. The lowest BCUT2D eigenvalue weighted by Crippen LogP contribution is -2.52. The first-order valence-corrected chi connectivity index (χ1v) is 11.2. The van der Waals surface area contributed by atoms with Crippen molar-refractivity contribution in [1.29, 1.82) is 0 Å². The smallest absolute Gasteiger partial charge is 0.410 e. The summed E-state index contributed by atoms with van der Waals surface area (Å²) in [5.74, 6) is 0.939. The Morgan fingerprint density at radius 2 is 1.97 bits per heavy atom. The van der Waals surface area contributed by atoms with Gasteiger partial charge in [0.2, 0.25) is 0 Å². The zero-order chi connectivity index (χ0) is 21.3. The van der Waals surface area contributed by atoms with E-state index in [9.17, 15) is 4.79 Å². The first-order chi connectivity index (χ1) is 14.4. The average Bonchev–Trinajstić information content (AvgIpc) is 3.16. The minimum Gasteiger partial charge on any atom is -0.444 e. The number of anilines is 1. The molecule has 0 aliphatic carbocycles. The normalized spacial score (nSPS) is 17.4. The molecule has 0 radical (unpaired) electrons. The second-order valence-electron chi connectivity index (χ2n) is 8.53. The van der Waals surface area contributed by atoms with Gasteiger partial charge in [0.25, 0.3) is 0 Å². The molecule has 1 atom stereocenters. The van der Waals surface area contributed by atoms with Crippen molar-refractivity contribution in [2.75, 3.05) is 24.5 Å². The molecule has 0 N–H and O–H groups in total. The van der Waals surface area contributed by atoms with E-state index in [1.807, 2.05) is 43.9 Å². The molecule has 1 aromatic carbocycles. The van der Waals surface area contributed by atoms with Gasteiger partial charge in [-0.3, -0.25) is 0 Å². The van der Waals surface area contributed by atoms with Gasteiger partial charge in [-0.25, -0.2) is 14.8 Å². The molecule has 6 nitrogen and oxygen atoms in total. The number of hydrogen-bond acceptors (Lipinski definition) is 6. The van der Waals surface area contributed by atoms with Crippen LogP contribution in [-0.2, 0) is 11.2 Å². The first kappa shape index (κ1) is 20.6. The highest BCUT2D eigenvalue weighted by Gasteiger charge is 2.34. The molecule has 3 aromatic rings. The molecular formula is C23H28N4O2S. The van der Waals surface area contributed by atoms with Gasteiger partial charge >= 0.3 is 6.09 Å². The van der Waals surface area contributed by atoms with E-state index in [1.165, 1.54) is 4.88 Å². The van der Waals surface area contributed by atoms with Gasteiger partial charge in [-0.2, -0.15) is 0 Å². The van der Waals surface area contributed by atoms with Crippen LogP contribution in [0.2, 0.25) is 0 Å². The number of piperazine rings is 1. The quantitative estimate of drug-likeness (QED) is 0.589. The molecule has 7 heteroatoms. The van der Waals surface area contributed by atoms with E-state index >= 15 is 0 Å². The Bertz CT molecular complexity index is 1030. The maximum Gasteiger partial charge on any atom is 0.410 e. The Morgan fingerprint density at radius 1 is 1.20 bits per heavy atom. The molecule has 30 heavy (non-hydrogen) atoms. The van der Waals surface area contributed by atoms with Crippen molar-refractivity contribution < 1.29 is 9.53 Å². The topological polar surface area (TPSA) is 58.6 Å². The Labute approximate surface area is 181 Å². The van der Waals surface area contributed by atoms with Crippen molar-refractivity contribution >= 4 is 33.5 Å². The van der Waals surface area contributed by atoms with Crippen molar-refractivity contribution in [2.45, 2.75) is 45.8 Å². The molecule has 0 bridgehead atoms. The molecule has 0 saturated carbocycles. The summed E-state index contributed by atoms with van der Waals surface area (Å²) in [7, 11) is 0. The van der Waals surface area contributed by atoms with Crippen LogP contribution in [0.5, 0.6) is 0 Å². The molecule has 1 fully saturated rings. The number of fused-ring (bicyclic) bond motifs is 1. The number of aromatic nitrogens is 2. The minimum absolute atomic E-state index is 0.00413. The largest absolute Gasteiger partial charge is 0.444 e. The molecule has 2 aromatic heterocycles. The molecule has 0 spiro atoms. The van der Waals surface area contributed by atoms with E-state index in [2.05, 4.69) is 40.0 Å². The van der Waals surface area contributed by atoms with Gasteiger partial charge in [-0.05, 0) is 38.8 Å². The van der Waals surface area contributed by atoms with Crippen LogP contribution in [0.4, 0.5) is 10.6 Å². The van der Waals surface area contributed by atoms with Crippen molar-refractivity contribution in [2.24, 2.45) is 0 Å². The van der Waals surface area contributed by atoms with Gasteiger partial charge in [0.1, 0.15) is 22.6 Å². The maximum absolute atomic E-state index is 12.7. The highest BCUT2D eigenvalue weighted by atomic mass is 32.1. The summed E-state index contributed by atoms with van der Waals surface area (Å²) in [6, 6.07) is 12.5. The number of benzene rings is 1. The van der Waals surface area contributed by atoms with Gasteiger partial charge in [-0.15, -0.1) is 11.3 Å². The maximum atomic E-state index is 12.7. The van der Waals surface area contributed by atoms with Gasteiger partial charge in [0.15, 0.2) is 0 Å². The molecule has 1 unspecified atom stereocenters. The average molecular weight is 425 g/mol. The van der Waals surface area contributed by atoms with Crippen LogP contribution in [0.25, 0.3) is 10.2 Å². The van der Waals surface area contributed by atoms with Crippen LogP contribution < -0.4 is 4.90 Å². The fourth-order valence-corrected chi connectivity index (χ4v) is 4.71. The van der Waals surface area contributed by atoms with Gasteiger partial charge in [0.05, 0.1) is 11.4 Å². The Kier molecular flexibility index (Phi) is 5.64. The molecule has 1 amide bonds. The molecule has 1 aliphatic heterocycles. The van der Waals surface area contributed by atoms with E-state index in [0.29, 0.717) is 19.6 Å². The van der Waals surface area contributed by atoms with Gasteiger partial charge in [0, 0.05) is 24.5 Å². The predicted octanol–water partition coefficient (Wildman–Crippen LogP) is 5.05. The molecule has 4 rings (SSSR count). The van der Waals surface area contributed by atoms with Crippen molar-refractivity contribution in [1.82, 2.24) is 14.9 Å². The molecule has 1 saturated heterocycles. The fraction of sp³-hybridized carbons (Fsp3) is 0.435. The van der Waals surface area contributed by atoms with Gasteiger partial charge < -0.3 is 14.5 Å². The second-order valence-corrected chi connectivity index (χ2v) is 9.64. The van der Waals surface area contributed by atoms with Crippen LogP contribution in [0.15, 0.2) is 42.7 Å². The molecule has 158 valence electrons. The van der Waals surface area contributed by atoms with E-state index in [-0.39, 0.29) is 12.1 Å². The standard InChI is InChI=1S/C23H28N4O2S/c1-5-17-13-18-20(24-15-25-21(18)30-17)27-12-11-26(22(28)29-23(2,3)4)14-19(27)16-9-7-6-8-10-16/h6-10,13,15,19H,5,11-12,14H2,1-4H3. The predicted molar refractivity (Wildman–Crippen MR) is 121 cm³/mol. The summed E-state index contributed by atoms with van der Waals surface area (Å²) in [5, 5.41) is 1.09.